The molecule has 0 aromatic heterocycles. The highest BCUT2D eigenvalue weighted by molar-refractivity contribution is 5.99. The van der Waals surface area contributed by atoms with Gasteiger partial charge in [0.2, 0.25) is 0 Å². The van der Waals surface area contributed by atoms with Crippen molar-refractivity contribution in [3.63, 3.8) is 0 Å². The fraction of sp³-hybridized carbons (Fsp3) is 0.235. The van der Waals surface area contributed by atoms with Gasteiger partial charge in [-0.2, -0.15) is 0 Å². The van der Waals surface area contributed by atoms with Crippen LogP contribution in [0.4, 0.5) is 5.69 Å². The molecule has 0 aliphatic carbocycles. The maximum atomic E-state index is 12.2. The largest absolute Gasteiger partial charge is 0.367 e. The lowest BCUT2D eigenvalue weighted by molar-refractivity contribution is 0.100. The Morgan fingerprint density at radius 2 is 1.74 bits per heavy atom. The van der Waals surface area contributed by atoms with Gasteiger partial charge >= 0.3 is 0 Å². The Morgan fingerprint density at radius 1 is 1.05 bits per heavy atom. The van der Waals surface area contributed by atoms with E-state index in [1.54, 1.807) is 0 Å². The second-order valence-electron chi connectivity index (χ2n) is 4.94. The number of ketones is 1. The first kappa shape index (κ1) is 13.3. The molecule has 19 heavy (non-hydrogen) atoms. The van der Waals surface area contributed by atoms with E-state index in [0.29, 0.717) is 6.54 Å². The van der Waals surface area contributed by atoms with Crippen LogP contribution < -0.4 is 4.90 Å². The van der Waals surface area contributed by atoms with Crippen LogP contribution in [-0.4, -0.2) is 19.4 Å². The highest BCUT2D eigenvalue weighted by Crippen LogP contribution is 2.20. The monoisotopic (exact) mass is 253 g/mol. The molecule has 0 amide bonds. The fourth-order valence-corrected chi connectivity index (χ4v) is 2.15. The van der Waals surface area contributed by atoms with Crippen LogP contribution in [0.15, 0.2) is 48.5 Å². The molecule has 0 aliphatic rings. The molecule has 0 atom stereocenters. The number of anilines is 1. The number of benzene rings is 2. The van der Waals surface area contributed by atoms with E-state index >= 15 is 0 Å². The van der Waals surface area contributed by atoms with Crippen LogP contribution in [0.5, 0.6) is 0 Å². The van der Waals surface area contributed by atoms with E-state index in [9.17, 15) is 4.79 Å². The summed E-state index contributed by atoms with van der Waals surface area (Å²) in [5.74, 6) is 0.143. The summed E-state index contributed by atoms with van der Waals surface area (Å²) in [5.41, 5.74) is 4.28. The molecule has 0 radical (unpaired) electrons. The Kier molecular flexibility index (Phi) is 4.00. The van der Waals surface area contributed by atoms with Gasteiger partial charge in [-0.1, -0.05) is 42.5 Å². The van der Waals surface area contributed by atoms with Crippen molar-refractivity contribution in [3.8, 4) is 0 Å². The first-order valence-electron chi connectivity index (χ1n) is 6.44. The van der Waals surface area contributed by atoms with Crippen LogP contribution in [0.3, 0.4) is 0 Å². The quantitative estimate of drug-likeness (QED) is 0.776. The van der Waals surface area contributed by atoms with Crippen molar-refractivity contribution in [1.82, 2.24) is 0 Å². The normalized spacial score (nSPS) is 10.3. The molecule has 0 spiro atoms. The third kappa shape index (κ3) is 3.22. The molecule has 98 valence electrons. The zero-order valence-electron chi connectivity index (χ0n) is 11.7. The zero-order valence-corrected chi connectivity index (χ0v) is 11.7. The molecule has 0 saturated carbocycles. The van der Waals surface area contributed by atoms with E-state index in [-0.39, 0.29) is 5.78 Å². The lowest BCUT2D eigenvalue weighted by atomic mass is 10.1. The van der Waals surface area contributed by atoms with Gasteiger partial charge in [-0.25, -0.2) is 0 Å². The van der Waals surface area contributed by atoms with Gasteiger partial charge in [0.05, 0.1) is 6.54 Å². The number of nitrogens with zero attached hydrogens (tertiary/aromatic N) is 1. The summed E-state index contributed by atoms with van der Waals surface area (Å²) in [6, 6.07) is 15.7. The predicted octanol–water partition coefficient (Wildman–Crippen LogP) is 3.62. The summed E-state index contributed by atoms with van der Waals surface area (Å²) in [4.78, 5) is 14.2. The number of rotatable bonds is 4. The second kappa shape index (κ2) is 5.70. The standard InChI is InChI=1S/C17H19NO/c1-13-9-10-14(2)16(11-13)18(3)12-17(19)15-7-5-4-6-8-15/h4-11H,12H2,1-3H3. The molecule has 2 aromatic carbocycles. The molecular formula is C17H19NO. The minimum absolute atomic E-state index is 0.143. The van der Waals surface area contributed by atoms with Crippen molar-refractivity contribution in [3.05, 3.63) is 65.2 Å². The molecule has 0 N–H and O–H groups in total. The minimum Gasteiger partial charge on any atom is -0.367 e. The summed E-state index contributed by atoms with van der Waals surface area (Å²) in [6.07, 6.45) is 0. The van der Waals surface area contributed by atoms with Gasteiger partial charge in [-0.3, -0.25) is 4.79 Å². The summed E-state index contributed by atoms with van der Waals surface area (Å²) >= 11 is 0. The number of hydrogen-bond donors (Lipinski definition) is 0. The summed E-state index contributed by atoms with van der Waals surface area (Å²) in [5, 5.41) is 0. The van der Waals surface area contributed by atoms with Gasteiger partial charge in [0.15, 0.2) is 5.78 Å². The van der Waals surface area contributed by atoms with Gasteiger partial charge < -0.3 is 4.90 Å². The van der Waals surface area contributed by atoms with Crippen LogP contribution in [0.25, 0.3) is 0 Å². The highest BCUT2D eigenvalue weighted by atomic mass is 16.1. The number of carbonyl (C=O) groups is 1. The van der Waals surface area contributed by atoms with Crippen molar-refractivity contribution in [2.75, 3.05) is 18.5 Å². The third-order valence-electron chi connectivity index (χ3n) is 3.25. The van der Waals surface area contributed by atoms with E-state index < -0.39 is 0 Å². The zero-order chi connectivity index (χ0) is 13.8. The molecular weight excluding hydrogens is 234 g/mol. The Hall–Kier alpha value is -2.09. The lowest BCUT2D eigenvalue weighted by Crippen LogP contribution is -2.26. The van der Waals surface area contributed by atoms with Gasteiger partial charge in [-0.15, -0.1) is 0 Å². The molecule has 0 aliphatic heterocycles. The van der Waals surface area contributed by atoms with Crippen molar-refractivity contribution in [2.24, 2.45) is 0 Å². The van der Waals surface area contributed by atoms with Gasteiger partial charge in [0.25, 0.3) is 0 Å². The van der Waals surface area contributed by atoms with Crippen LogP contribution >= 0.6 is 0 Å². The van der Waals surface area contributed by atoms with Gasteiger partial charge in [0, 0.05) is 18.3 Å². The first-order valence-corrected chi connectivity index (χ1v) is 6.44. The number of carbonyl (C=O) groups excluding carboxylic acids is 1. The maximum absolute atomic E-state index is 12.2. The Bertz CT molecular complexity index is 575. The van der Waals surface area contributed by atoms with Crippen molar-refractivity contribution >= 4 is 11.5 Å². The van der Waals surface area contributed by atoms with Gasteiger partial charge in [0.1, 0.15) is 0 Å². The van der Waals surface area contributed by atoms with Crippen molar-refractivity contribution in [1.29, 1.82) is 0 Å². The van der Waals surface area contributed by atoms with Crippen LogP contribution in [0, 0.1) is 13.8 Å². The topological polar surface area (TPSA) is 20.3 Å². The van der Waals surface area contributed by atoms with E-state index in [2.05, 4.69) is 32.0 Å². The minimum atomic E-state index is 0.143. The second-order valence-corrected chi connectivity index (χ2v) is 4.94. The van der Waals surface area contributed by atoms with E-state index in [4.69, 9.17) is 0 Å². The molecule has 2 aromatic rings. The van der Waals surface area contributed by atoms with Gasteiger partial charge in [-0.05, 0) is 31.0 Å². The predicted molar refractivity (Wildman–Crippen MR) is 80.0 cm³/mol. The highest BCUT2D eigenvalue weighted by Gasteiger charge is 2.11. The van der Waals surface area contributed by atoms with Crippen LogP contribution in [-0.2, 0) is 0 Å². The molecule has 0 fully saturated rings. The number of hydrogen-bond acceptors (Lipinski definition) is 2. The Morgan fingerprint density at radius 3 is 2.42 bits per heavy atom. The summed E-state index contributed by atoms with van der Waals surface area (Å²) in [6.45, 7) is 4.53. The molecule has 0 saturated heterocycles. The molecule has 0 bridgehead atoms. The molecule has 0 unspecified atom stereocenters. The average molecular weight is 253 g/mol. The molecule has 2 nitrogen and oxygen atoms in total. The number of aryl methyl sites for hydroxylation is 2. The third-order valence-corrected chi connectivity index (χ3v) is 3.25. The van der Waals surface area contributed by atoms with E-state index in [0.717, 1.165) is 11.3 Å². The van der Waals surface area contributed by atoms with E-state index in [1.165, 1.54) is 11.1 Å². The number of Topliss-reactive ketones (excluding diaryl/α,β-unsaturated/α-hetero) is 1. The SMILES string of the molecule is Cc1ccc(C)c(N(C)CC(=O)c2ccccc2)c1. The average Bonchev–Trinajstić information content (AvgIpc) is 2.42. The lowest BCUT2D eigenvalue weighted by Gasteiger charge is -2.21. The maximum Gasteiger partial charge on any atom is 0.182 e. The Balaban J connectivity index is 2.15. The van der Waals surface area contributed by atoms with Crippen LogP contribution in [0.2, 0.25) is 0 Å². The Labute approximate surface area is 114 Å². The molecule has 2 rings (SSSR count). The summed E-state index contributed by atoms with van der Waals surface area (Å²) < 4.78 is 0. The van der Waals surface area contributed by atoms with Crippen molar-refractivity contribution < 1.29 is 4.79 Å². The van der Waals surface area contributed by atoms with E-state index in [1.807, 2.05) is 42.3 Å². The fourth-order valence-electron chi connectivity index (χ4n) is 2.15. The molecule has 2 heteroatoms. The smallest absolute Gasteiger partial charge is 0.182 e. The molecule has 0 heterocycles. The summed E-state index contributed by atoms with van der Waals surface area (Å²) in [7, 11) is 1.96. The van der Waals surface area contributed by atoms with Crippen LogP contribution in [0.1, 0.15) is 21.5 Å². The number of likely N-dealkylation sites (N-methyl/N-ethyl adjacent to an activating group) is 1. The first-order chi connectivity index (χ1) is 9.08. The van der Waals surface area contributed by atoms with Crippen molar-refractivity contribution in [2.45, 2.75) is 13.8 Å².